The maximum Gasteiger partial charge on any atom is 0.309 e. The van der Waals surface area contributed by atoms with Crippen molar-refractivity contribution in [3.63, 3.8) is 0 Å². The first kappa shape index (κ1) is 16.5. The van der Waals surface area contributed by atoms with Gasteiger partial charge in [0.15, 0.2) is 0 Å². The van der Waals surface area contributed by atoms with Gasteiger partial charge in [-0.15, -0.1) is 0 Å². The summed E-state index contributed by atoms with van der Waals surface area (Å²) in [7, 11) is 0. The molecule has 0 atom stereocenters. The second-order valence-electron chi connectivity index (χ2n) is 6.26. The van der Waals surface area contributed by atoms with E-state index >= 15 is 0 Å². The van der Waals surface area contributed by atoms with E-state index in [4.69, 9.17) is 0 Å². The van der Waals surface area contributed by atoms with Gasteiger partial charge in [0.1, 0.15) is 0 Å². The third kappa shape index (κ3) is 4.26. The van der Waals surface area contributed by atoms with E-state index in [2.05, 4.69) is 49.9 Å². The van der Waals surface area contributed by atoms with E-state index in [1.54, 1.807) is 13.8 Å². The lowest BCUT2D eigenvalue weighted by atomic mass is 9.89. The third-order valence-corrected chi connectivity index (χ3v) is 3.89. The molecule has 0 heterocycles. The molecule has 3 heteroatoms. The molecule has 0 bridgehead atoms. The van der Waals surface area contributed by atoms with Gasteiger partial charge in [0.05, 0.1) is 5.41 Å². The van der Waals surface area contributed by atoms with E-state index in [-0.39, 0.29) is 0 Å². The zero-order valence-electron chi connectivity index (χ0n) is 13.3. The zero-order chi connectivity index (χ0) is 15.3. The van der Waals surface area contributed by atoms with Crippen LogP contribution in [-0.4, -0.2) is 24.2 Å². The molecule has 0 fully saturated rings. The summed E-state index contributed by atoms with van der Waals surface area (Å²) in [5, 5.41) is 9.18. The average Bonchev–Trinajstić information content (AvgIpc) is 2.39. The number of hydrogen-bond donors (Lipinski definition) is 1. The fraction of sp³-hybridized carbons (Fsp3) is 0.588. The summed E-state index contributed by atoms with van der Waals surface area (Å²) >= 11 is 0. The summed E-state index contributed by atoms with van der Waals surface area (Å²) in [6.07, 6.45) is 0.641. The number of benzene rings is 1. The van der Waals surface area contributed by atoms with E-state index in [1.807, 2.05) is 0 Å². The maximum atomic E-state index is 11.2. The van der Waals surface area contributed by atoms with Crippen molar-refractivity contribution in [3.05, 3.63) is 29.8 Å². The molecule has 20 heavy (non-hydrogen) atoms. The van der Waals surface area contributed by atoms with Crippen LogP contribution in [0.3, 0.4) is 0 Å². The number of carboxylic acid groups (broad SMARTS) is 1. The molecule has 3 nitrogen and oxygen atoms in total. The molecule has 0 aliphatic heterocycles. The van der Waals surface area contributed by atoms with Crippen molar-refractivity contribution in [1.82, 2.24) is 0 Å². The Bertz CT molecular complexity index is 435. The van der Waals surface area contributed by atoms with Gasteiger partial charge in [-0.3, -0.25) is 4.79 Å². The number of nitrogens with zero attached hydrogens (tertiary/aromatic N) is 1. The predicted molar refractivity (Wildman–Crippen MR) is 84.5 cm³/mol. The first-order valence-corrected chi connectivity index (χ1v) is 7.36. The molecule has 1 N–H and O–H groups in total. The highest BCUT2D eigenvalue weighted by Gasteiger charge is 2.27. The minimum Gasteiger partial charge on any atom is -0.481 e. The Hall–Kier alpha value is -1.51. The summed E-state index contributed by atoms with van der Waals surface area (Å²) in [4.78, 5) is 13.4. The largest absolute Gasteiger partial charge is 0.481 e. The van der Waals surface area contributed by atoms with Crippen LogP contribution in [0, 0.1) is 5.41 Å². The highest BCUT2D eigenvalue weighted by atomic mass is 16.4. The van der Waals surface area contributed by atoms with Crippen molar-refractivity contribution in [2.24, 2.45) is 5.41 Å². The van der Waals surface area contributed by atoms with Crippen LogP contribution in [0.15, 0.2) is 24.3 Å². The molecule has 0 saturated carbocycles. The lowest BCUT2D eigenvalue weighted by Crippen LogP contribution is -2.32. The van der Waals surface area contributed by atoms with E-state index in [1.165, 1.54) is 5.56 Å². The van der Waals surface area contributed by atoms with Crippen LogP contribution in [0.1, 0.15) is 52.5 Å². The number of anilines is 1. The maximum absolute atomic E-state index is 11.2. The van der Waals surface area contributed by atoms with E-state index < -0.39 is 11.4 Å². The van der Waals surface area contributed by atoms with Crippen LogP contribution in [0.4, 0.5) is 5.69 Å². The van der Waals surface area contributed by atoms with Crippen molar-refractivity contribution < 1.29 is 9.90 Å². The highest BCUT2D eigenvalue weighted by molar-refractivity contribution is 5.73. The van der Waals surface area contributed by atoms with Gasteiger partial charge in [0.25, 0.3) is 0 Å². The lowest BCUT2D eigenvalue weighted by Gasteiger charge is -2.27. The lowest BCUT2D eigenvalue weighted by molar-refractivity contribution is -0.147. The van der Waals surface area contributed by atoms with Crippen LogP contribution >= 0.6 is 0 Å². The number of carboxylic acids is 1. The smallest absolute Gasteiger partial charge is 0.309 e. The zero-order valence-corrected chi connectivity index (χ0v) is 13.3. The molecular weight excluding hydrogens is 250 g/mol. The Kier molecular flexibility index (Phi) is 5.61. The Morgan fingerprint density at radius 1 is 1.25 bits per heavy atom. The third-order valence-electron chi connectivity index (χ3n) is 3.89. The van der Waals surface area contributed by atoms with Gasteiger partial charge in [-0.05, 0) is 50.8 Å². The van der Waals surface area contributed by atoms with Crippen LogP contribution in [-0.2, 0) is 4.79 Å². The Labute approximate surface area is 122 Å². The summed E-state index contributed by atoms with van der Waals surface area (Å²) in [6.45, 7) is 11.7. The Morgan fingerprint density at radius 3 is 2.20 bits per heavy atom. The molecule has 0 unspecified atom stereocenters. The molecule has 0 saturated heterocycles. The topological polar surface area (TPSA) is 40.5 Å². The molecule has 0 spiro atoms. The molecule has 112 valence electrons. The summed E-state index contributed by atoms with van der Waals surface area (Å²) in [5.74, 6) is -0.200. The summed E-state index contributed by atoms with van der Waals surface area (Å²) in [6, 6.07) is 8.58. The summed E-state index contributed by atoms with van der Waals surface area (Å²) in [5.41, 5.74) is 1.82. The van der Waals surface area contributed by atoms with Gasteiger partial charge in [0.2, 0.25) is 0 Å². The molecule has 0 amide bonds. The SMILES string of the molecule is CCN(CCC(C)(C)C(=O)O)c1ccc(C(C)C)cc1. The second kappa shape index (κ2) is 6.78. The van der Waals surface area contributed by atoms with Crippen molar-refractivity contribution in [3.8, 4) is 0 Å². The fourth-order valence-electron chi connectivity index (χ4n) is 2.06. The fourth-order valence-corrected chi connectivity index (χ4v) is 2.06. The number of hydrogen-bond acceptors (Lipinski definition) is 2. The van der Waals surface area contributed by atoms with E-state index in [0.717, 1.165) is 18.8 Å². The Morgan fingerprint density at radius 2 is 1.80 bits per heavy atom. The molecular formula is C17H27NO2. The first-order chi connectivity index (χ1) is 9.27. The quantitative estimate of drug-likeness (QED) is 0.814. The van der Waals surface area contributed by atoms with Gasteiger partial charge < -0.3 is 10.0 Å². The molecule has 0 aromatic heterocycles. The van der Waals surface area contributed by atoms with Gasteiger partial charge in [-0.2, -0.15) is 0 Å². The molecule has 0 aliphatic carbocycles. The minimum atomic E-state index is -0.733. The summed E-state index contributed by atoms with van der Waals surface area (Å²) < 4.78 is 0. The van der Waals surface area contributed by atoms with Crippen molar-refractivity contribution >= 4 is 11.7 Å². The monoisotopic (exact) mass is 277 g/mol. The van der Waals surface area contributed by atoms with Gasteiger partial charge >= 0.3 is 5.97 Å². The van der Waals surface area contributed by atoms with Crippen LogP contribution in [0.25, 0.3) is 0 Å². The molecule has 1 aromatic rings. The second-order valence-corrected chi connectivity index (χ2v) is 6.26. The standard InChI is InChI=1S/C17H27NO2/c1-6-18(12-11-17(4,5)16(19)20)15-9-7-14(8-10-15)13(2)3/h7-10,13H,6,11-12H2,1-5H3,(H,19,20). The highest BCUT2D eigenvalue weighted by Crippen LogP contribution is 2.24. The van der Waals surface area contributed by atoms with E-state index in [9.17, 15) is 9.90 Å². The van der Waals surface area contributed by atoms with Crippen molar-refractivity contribution in [1.29, 1.82) is 0 Å². The van der Waals surface area contributed by atoms with Crippen LogP contribution in [0.2, 0.25) is 0 Å². The molecule has 1 rings (SSSR count). The van der Waals surface area contributed by atoms with Gasteiger partial charge in [-0.1, -0.05) is 26.0 Å². The number of carbonyl (C=O) groups is 1. The molecule has 0 radical (unpaired) electrons. The average molecular weight is 277 g/mol. The van der Waals surface area contributed by atoms with Crippen molar-refractivity contribution in [2.75, 3.05) is 18.0 Å². The number of rotatable bonds is 7. The molecule has 0 aliphatic rings. The van der Waals surface area contributed by atoms with Gasteiger partial charge in [0, 0.05) is 18.8 Å². The van der Waals surface area contributed by atoms with Crippen molar-refractivity contribution in [2.45, 2.75) is 47.0 Å². The van der Waals surface area contributed by atoms with E-state index in [0.29, 0.717) is 12.3 Å². The number of aliphatic carboxylic acids is 1. The first-order valence-electron chi connectivity index (χ1n) is 7.36. The molecule has 1 aromatic carbocycles. The normalized spacial score (nSPS) is 11.7. The minimum absolute atomic E-state index is 0.532. The van der Waals surface area contributed by atoms with Crippen LogP contribution < -0.4 is 4.90 Å². The van der Waals surface area contributed by atoms with Gasteiger partial charge in [-0.25, -0.2) is 0 Å². The van der Waals surface area contributed by atoms with Crippen LogP contribution in [0.5, 0.6) is 0 Å². The Balaban J connectivity index is 2.74. The predicted octanol–water partition coefficient (Wildman–Crippen LogP) is 4.14.